The largest absolute Gasteiger partial charge is 0.330 e. The maximum Gasteiger partial charge on any atom is 0.0233 e. The minimum absolute atomic E-state index is 0.851. The van der Waals surface area contributed by atoms with Crippen molar-refractivity contribution < 1.29 is 0 Å². The lowest BCUT2D eigenvalue weighted by atomic mass is 9.95. The van der Waals surface area contributed by atoms with Crippen LogP contribution in [0, 0.1) is 5.92 Å². The van der Waals surface area contributed by atoms with E-state index >= 15 is 0 Å². The highest BCUT2D eigenvalue weighted by molar-refractivity contribution is 5.14. The van der Waals surface area contributed by atoms with E-state index in [4.69, 9.17) is 5.73 Å². The minimum Gasteiger partial charge on any atom is -0.330 e. The molecule has 0 aromatic heterocycles. The maximum atomic E-state index is 5.60. The van der Waals surface area contributed by atoms with Crippen molar-refractivity contribution in [1.29, 1.82) is 0 Å². The average Bonchev–Trinajstić information content (AvgIpc) is 2.63. The molecule has 0 radical (unpaired) electrons. The molecule has 0 saturated carbocycles. The van der Waals surface area contributed by atoms with E-state index in [9.17, 15) is 0 Å². The molecule has 1 saturated heterocycles. The molecular formula is C16H26N2. The Bertz CT molecular complexity index is 323. The molecule has 1 fully saturated rings. The Morgan fingerprint density at radius 3 is 2.72 bits per heavy atom. The van der Waals surface area contributed by atoms with Gasteiger partial charge in [0.1, 0.15) is 0 Å². The van der Waals surface area contributed by atoms with Crippen LogP contribution in [0.3, 0.4) is 0 Å². The third kappa shape index (κ3) is 4.43. The minimum atomic E-state index is 0.851. The van der Waals surface area contributed by atoms with Gasteiger partial charge >= 0.3 is 0 Å². The zero-order valence-electron chi connectivity index (χ0n) is 11.4. The van der Waals surface area contributed by atoms with Crippen LogP contribution in [0.25, 0.3) is 0 Å². The number of nitrogens with two attached hydrogens (primary N) is 1. The van der Waals surface area contributed by atoms with Crippen molar-refractivity contribution >= 4 is 0 Å². The standard InChI is InChI=1S/C16H26N2/c17-11-4-8-15-9-5-12-18(13-10-15)14-16-6-2-1-3-7-16/h1-3,6-7,15H,4-5,8-14,17H2. The lowest BCUT2D eigenvalue weighted by molar-refractivity contribution is 0.271. The molecule has 1 aromatic carbocycles. The normalized spacial score (nSPS) is 21.7. The van der Waals surface area contributed by atoms with Crippen molar-refractivity contribution in [2.45, 2.75) is 38.6 Å². The lowest BCUT2D eigenvalue weighted by Gasteiger charge is -2.20. The van der Waals surface area contributed by atoms with Crippen molar-refractivity contribution in [3.05, 3.63) is 35.9 Å². The molecular weight excluding hydrogens is 220 g/mol. The molecule has 0 spiro atoms. The molecule has 1 aromatic rings. The van der Waals surface area contributed by atoms with E-state index in [0.29, 0.717) is 0 Å². The Hall–Kier alpha value is -0.860. The number of hydrogen-bond donors (Lipinski definition) is 1. The molecule has 1 aliphatic rings. The van der Waals surface area contributed by atoms with E-state index in [1.807, 2.05) is 0 Å². The number of likely N-dealkylation sites (tertiary alicyclic amines) is 1. The average molecular weight is 246 g/mol. The Kier molecular flexibility index (Phi) is 5.69. The van der Waals surface area contributed by atoms with Crippen LogP contribution in [-0.4, -0.2) is 24.5 Å². The van der Waals surface area contributed by atoms with E-state index in [0.717, 1.165) is 19.0 Å². The first-order valence-electron chi connectivity index (χ1n) is 7.35. The summed E-state index contributed by atoms with van der Waals surface area (Å²) in [5, 5.41) is 0. The van der Waals surface area contributed by atoms with Gasteiger partial charge in [0.05, 0.1) is 0 Å². The molecule has 0 amide bonds. The van der Waals surface area contributed by atoms with Gasteiger partial charge < -0.3 is 5.73 Å². The summed E-state index contributed by atoms with van der Waals surface area (Å²) in [4.78, 5) is 2.61. The summed E-state index contributed by atoms with van der Waals surface area (Å²) < 4.78 is 0. The van der Waals surface area contributed by atoms with Gasteiger partial charge in [0.25, 0.3) is 0 Å². The van der Waals surface area contributed by atoms with E-state index in [-0.39, 0.29) is 0 Å². The predicted octanol–water partition coefficient (Wildman–Crippen LogP) is 3.03. The fourth-order valence-electron chi connectivity index (χ4n) is 2.92. The lowest BCUT2D eigenvalue weighted by Crippen LogP contribution is -2.24. The van der Waals surface area contributed by atoms with Gasteiger partial charge in [-0.1, -0.05) is 30.3 Å². The van der Waals surface area contributed by atoms with Crippen LogP contribution < -0.4 is 5.73 Å². The SMILES string of the molecule is NCCCC1CCCN(Cc2ccccc2)CC1. The molecule has 0 aliphatic carbocycles. The van der Waals surface area contributed by atoms with Gasteiger partial charge in [-0.15, -0.1) is 0 Å². The highest BCUT2D eigenvalue weighted by atomic mass is 15.1. The number of nitrogens with zero attached hydrogens (tertiary/aromatic N) is 1. The summed E-state index contributed by atoms with van der Waals surface area (Å²) in [6.45, 7) is 4.48. The topological polar surface area (TPSA) is 29.3 Å². The molecule has 1 aliphatic heterocycles. The predicted molar refractivity (Wildman–Crippen MR) is 77.3 cm³/mol. The third-order valence-electron chi connectivity index (χ3n) is 4.01. The first-order valence-corrected chi connectivity index (χ1v) is 7.35. The highest BCUT2D eigenvalue weighted by Crippen LogP contribution is 2.22. The second kappa shape index (κ2) is 7.55. The summed E-state index contributed by atoms with van der Waals surface area (Å²) >= 11 is 0. The molecule has 100 valence electrons. The number of benzene rings is 1. The van der Waals surface area contributed by atoms with Crippen LogP contribution in [0.5, 0.6) is 0 Å². The Labute approximate surface area is 111 Å². The fraction of sp³-hybridized carbons (Fsp3) is 0.625. The first kappa shape index (κ1) is 13.6. The second-order valence-electron chi connectivity index (χ2n) is 5.49. The highest BCUT2D eigenvalue weighted by Gasteiger charge is 2.16. The number of hydrogen-bond acceptors (Lipinski definition) is 2. The van der Waals surface area contributed by atoms with Crippen molar-refractivity contribution in [2.24, 2.45) is 11.7 Å². The Morgan fingerprint density at radius 1 is 1.11 bits per heavy atom. The molecule has 0 bridgehead atoms. The van der Waals surface area contributed by atoms with Crippen LogP contribution in [0.4, 0.5) is 0 Å². The van der Waals surface area contributed by atoms with E-state index in [2.05, 4.69) is 35.2 Å². The molecule has 1 unspecified atom stereocenters. The van der Waals surface area contributed by atoms with Crippen molar-refractivity contribution in [3.8, 4) is 0 Å². The smallest absolute Gasteiger partial charge is 0.0233 e. The van der Waals surface area contributed by atoms with Gasteiger partial charge in [0, 0.05) is 6.54 Å². The molecule has 2 N–H and O–H groups in total. The van der Waals surface area contributed by atoms with E-state index in [1.54, 1.807) is 0 Å². The van der Waals surface area contributed by atoms with Gasteiger partial charge in [-0.2, -0.15) is 0 Å². The van der Waals surface area contributed by atoms with E-state index < -0.39 is 0 Å². The van der Waals surface area contributed by atoms with Crippen LogP contribution >= 0.6 is 0 Å². The molecule has 1 heterocycles. The van der Waals surface area contributed by atoms with Crippen LogP contribution in [0.15, 0.2) is 30.3 Å². The van der Waals surface area contributed by atoms with Gasteiger partial charge in [0.15, 0.2) is 0 Å². The first-order chi connectivity index (χ1) is 8.88. The zero-order valence-corrected chi connectivity index (χ0v) is 11.4. The Balaban J connectivity index is 1.78. The van der Waals surface area contributed by atoms with Gasteiger partial charge in [-0.3, -0.25) is 4.90 Å². The summed E-state index contributed by atoms with van der Waals surface area (Å²) in [6, 6.07) is 10.8. The van der Waals surface area contributed by atoms with Crippen molar-refractivity contribution in [2.75, 3.05) is 19.6 Å². The van der Waals surface area contributed by atoms with Gasteiger partial charge in [-0.25, -0.2) is 0 Å². The molecule has 2 heteroatoms. The second-order valence-corrected chi connectivity index (χ2v) is 5.49. The zero-order chi connectivity index (χ0) is 12.6. The summed E-state index contributed by atoms with van der Waals surface area (Å²) in [5.74, 6) is 0.911. The number of rotatable bonds is 5. The van der Waals surface area contributed by atoms with E-state index in [1.165, 1.54) is 50.8 Å². The van der Waals surface area contributed by atoms with Gasteiger partial charge in [0.2, 0.25) is 0 Å². The quantitative estimate of drug-likeness (QED) is 0.865. The molecule has 1 atom stereocenters. The van der Waals surface area contributed by atoms with Crippen molar-refractivity contribution in [1.82, 2.24) is 4.90 Å². The maximum absolute atomic E-state index is 5.60. The fourth-order valence-corrected chi connectivity index (χ4v) is 2.92. The third-order valence-corrected chi connectivity index (χ3v) is 4.01. The summed E-state index contributed by atoms with van der Waals surface area (Å²) in [7, 11) is 0. The molecule has 2 rings (SSSR count). The van der Waals surface area contributed by atoms with Crippen molar-refractivity contribution in [3.63, 3.8) is 0 Å². The van der Waals surface area contributed by atoms with Crippen LogP contribution in [0.2, 0.25) is 0 Å². The summed E-state index contributed by atoms with van der Waals surface area (Å²) in [5.41, 5.74) is 7.05. The Morgan fingerprint density at radius 2 is 1.94 bits per heavy atom. The molecule has 18 heavy (non-hydrogen) atoms. The van der Waals surface area contributed by atoms with Gasteiger partial charge in [-0.05, 0) is 63.2 Å². The molecule has 2 nitrogen and oxygen atoms in total. The summed E-state index contributed by atoms with van der Waals surface area (Å²) in [6.07, 6.45) is 6.62. The van der Waals surface area contributed by atoms with Crippen LogP contribution in [-0.2, 0) is 6.54 Å². The van der Waals surface area contributed by atoms with Crippen LogP contribution in [0.1, 0.15) is 37.7 Å². The monoisotopic (exact) mass is 246 g/mol.